The Bertz CT molecular complexity index is 970. The van der Waals surface area contributed by atoms with Gasteiger partial charge in [-0.3, -0.25) is 0 Å². The van der Waals surface area contributed by atoms with Crippen LogP contribution in [-0.4, -0.2) is 35.2 Å². The van der Waals surface area contributed by atoms with Crippen LogP contribution >= 0.6 is 21.2 Å². The molecule has 0 heterocycles. The molecule has 2 atom stereocenters. The molecule has 0 aliphatic carbocycles. The summed E-state index contributed by atoms with van der Waals surface area (Å²) in [4.78, 5) is 0. The van der Waals surface area contributed by atoms with Gasteiger partial charge in [-0.25, -0.2) is 4.67 Å². The highest BCUT2D eigenvalue weighted by Gasteiger charge is 2.46. The summed E-state index contributed by atoms with van der Waals surface area (Å²) in [5.74, 6) is 0.475. The third kappa shape index (κ3) is 6.38. The first-order valence-electron chi connectivity index (χ1n) is 12.5. The van der Waals surface area contributed by atoms with Crippen LogP contribution in [0.5, 0.6) is 0 Å². The Hall–Kier alpha value is -2.19. The summed E-state index contributed by atoms with van der Waals surface area (Å²) in [6.07, 6.45) is -0.0277. The van der Waals surface area contributed by atoms with Crippen molar-refractivity contribution >= 4 is 21.2 Å². The van der Waals surface area contributed by atoms with Gasteiger partial charge >= 0.3 is 0 Å². The minimum Gasteiger partial charge on any atom is -0.321 e. The molecule has 0 saturated heterocycles. The van der Waals surface area contributed by atoms with Crippen molar-refractivity contribution in [2.24, 2.45) is 0 Å². The van der Waals surface area contributed by atoms with E-state index in [-0.39, 0.29) is 18.2 Å². The number of benzene rings is 3. The predicted molar refractivity (Wildman–Crippen MR) is 153 cm³/mol. The molecule has 36 heavy (non-hydrogen) atoms. The van der Waals surface area contributed by atoms with E-state index in [9.17, 15) is 0 Å². The molecule has 0 aliphatic rings. The minimum absolute atomic E-state index is 0.207. The van der Waals surface area contributed by atoms with E-state index in [1.54, 1.807) is 0 Å². The fraction of sp³-hybridized carbons (Fsp3) is 0.367. The van der Waals surface area contributed by atoms with Gasteiger partial charge in [-0.1, -0.05) is 91.0 Å². The summed E-state index contributed by atoms with van der Waals surface area (Å²) >= 11 is 4.87. The van der Waals surface area contributed by atoms with Crippen molar-refractivity contribution in [3.63, 3.8) is 0 Å². The van der Waals surface area contributed by atoms with Crippen LogP contribution in [0.15, 0.2) is 91.0 Å². The van der Waals surface area contributed by atoms with Crippen LogP contribution < -0.4 is 0 Å². The van der Waals surface area contributed by atoms with Crippen LogP contribution in [-0.2, 0) is 14.5 Å². The lowest BCUT2D eigenvalue weighted by Crippen LogP contribution is -2.45. The van der Waals surface area contributed by atoms with E-state index in [1.807, 2.05) is 18.2 Å². The quantitative estimate of drug-likeness (QED) is 0.109. The monoisotopic (exact) mass is 520 g/mol. The molecule has 190 valence electrons. The van der Waals surface area contributed by atoms with Crippen LogP contribution in [0.1, 0.15) is 50.8 Å². The normalized spacial score (nSPS) is 13.6. The van der Waals surface area contributed by atoms with Gasteiger partial charge in [-0.2, -0.15) is 17.9 Å². The fourth-order valence-corrected chi connectivity index (χ4v) is 7.03. The molecule has 3 aromatic rings. The van der Waals surface area contributed by atoms with Crippen molar-refractivity contribution in [2.45, 2.75) is 57.7 Å². The first-order chi connectivity index (χ1) is 17.5. The van der Waals surface area contributed by atoms with E-state index in [1.165, 1.54) is 0 Å². The first-order valence-corrected chi connectivity index (χ1v) is 14.3. The second-order valence-corrected chi connectivity index (χ2v) is 11.0. The van der Waals surface area contributed by atoms with Crippen molar-refractivity contribution in [3.8, 4) is 6.07 Å². The van der Waals surface area contributed by atoms with Gasteiger partial charge in [0.15, 0.2) is 0 Å². The van der Waals surface area contributed by atoms with Gasteiger partial charge < -0.3 is 9.05 Å². The SMILES string of the molecule is CC(C)N(C(C)C)[P@@](OCCC#N)OC(CS)C(c1ccccc1)(c1ccccc1)c1ccccc1. The smallest absolute Gasteiger partial charge is 0.259 e. The Labute approximate surface area is 223 Å². The Morgan fingerprint density at radius 1 is 0.806 bits per heavy atom. The standard InChI is InChI=1S/C30H37N2O2PS/c1-24(2)32(25(3)4)35(33-22-14-21-31)34-29(23-36)30(26-15-8-5-9-16-26,27-17-10-6-11-18-27)28-19-12-7-13-20-28/h5-13,15-20,24-25,29,36H,14,22-23H2,1-4H3/t29?,35-/m0/s1. The topological polar surface area (TPSA) is 45.5 Å². The average Bonchev–Trinajstić information content (AvgIpc) is 2.90. The number of nitriles is 1. The Balaban J connectivity index is 2.23. The molecule has 1 unspecified atom stereocenters. The van der Waals surface area contributed by atoms with Crippen LogP contribution in [0.2, 0.25) is 0 Å². The van der Waals surface area contributed by atoms with Gasteiger partial charge in [0, 0.05) is 17.8 Å². The van der Waals surface area contributed by atoms with Gasteiger partial charge in [0.05, 0.1) is 30.6 Å². The molecule has 0 fully saturated rings. The molecule has 0 aliphatic heterocycles. The largest absolute Gasteiger partial charge is 0.321 e. The van der Waals surface area contributed by atoms with Crippen molar-refractivity contribution < 1.29 is 9.05 Å². The third-order valence-electron chi connectivity index (χ3n) is 6.22. The number of hydrogen-bond acceptors (Lipinski definition) is 5. The zero-order chi connectivity index (χ0) is 26.0. The minimum atomic E-state index is -1.46. The first kappa shape index (κ1) is 28.4. The van der Waals surface area contributed by atoms with Crippen LogP contribution in [0.3, 0.4) is 0 Å². The third-order valence-corrected chi connectivity index (χ3v) is 8.69. The van der Waals surface area contributed by atoms with Gasteiger partial charge in [-0.15, -0.1) is 0 Å². The number of thiol groups is 1. The zero-order valence-corrected chi connectivity index (χ0v) is 23.4. The summed E-state index contributed by atoms with van der Waals surface area (Å²) in [6.45, 7) is 8.94. The summed E-state index contributed by atoms with van der Waals surface area (Å²) in [5, 5.41) is 9.15. The Kier molecular flexibility index (Phi) is 11.0. The summed E-state index contributed by atoms with van der Waals surface area (Å²) < 4.78 is 15.6. The number of nitrogens with zero attached hydrogens (tertiary/aromatic N) is 2. The lowest BCUT2D eigenvalue weighted by atomic mass is 9.66. The number of hydrogen-bond donors (Lipinski definition) is 1. The highest BCUT2D eigenvalue weighted by molar-refractivity contribution is 7.80. The Morgan fingerprint density at radius 2 is 1.22 bits per heavy atom. The van der Waals surface area contributed by atoms with E-state index in [2.05, 4.69) is 111 Å². The fourth-order valence-electron chi connectivity index (χ4n) is 4.81. The van der Waals surface area contributed by atoms with Crippen molar-refractivity contribution in [2.75, 3.05) is 12.4 Å². The molecule has 0 N–H and O–H groups in total. The Morgan fingerprint density at radius 3 is 1.56 bits per heavy atom. The maximum Gasteiger partial charge on any atom is 0.259 e. The van der Waals surface area contributed by atoms with Gasteiger partial charge in [-0.05, 0) is 44.4 Å². The second kappa shape index (κ2) is 13.9. The van der Waals surface area contributed by atoms with E-state index in [0.717, 1.165) is 16.7 Å². The maximum absolute atomic E-state index is 9.15. The van der Waals surface area contributed by atoms with E-state index >= 15 is 0 Å². The second-order valence-electron chi connectivity index (χ2n) is 9.23. The van der Waals surface area contributed by atoms with Crippen molar-refractivity contribution in [1.29, 1.82) is 5.26 Å². The van der Waals surface area contributed by atoms with E-state index < -0.39 is 13.9 Å². The molecule has 6 heteroatoms. The number of rotatable bonds is 13. The van der Waals surface area contributed by atoms with Gasteiger partial charge in [0.1, 0.15) is 0 Å². The van der Waals surface area contributed by atoms with Crippen LogP contribution in [0.25, 0.3) is 0 Å². The highest BCUT2D eigenvalue weighted by atomic mass is 32.1. The molecule has 0 bridgehead atoms. The van der Waals surface area contributed by atoms with Crippen LogP contribution in [0.4, 0.5) is 0 Å². The summed E-state index contributed by atoms with van der Waals surface area (Å²) in [7, 11) is -1.46. The summed E-state index contributed by atoms with van der Waals surface area (Å²) in [6, 6.07) is 34.2. The molecule has 4 nitrogen and oxygen atoms in total. The van der Waals surface area contributed by atoms with Gasteiger partial charge in [0.25, 0.3) is 8.53 Å². The van der Waals surface area contributed by atoms with E-state index in [0.29, 0.717) is 18.8 Å². The van der Waals surface area contributed by atoms with Crippen molar-refractivity contribution in [3.05, 3.63) is 108 Å². The molecule has 0 amide bonds. The van der Waals surface area contributed by atoms with E-state index in [4.69, 9.17) is 26.9 Å². The molecule has 0 spiro atoms. The van der Waals surface area contributed by atoms with Crippen molar-refractivity contribution in [1.82, 2.24) is 4.67 Å². The lowest BCUT2D eigenvalue weighted by molar-refractivity contribution is 0.116. The maximum atomic E-state index is 9.15. The predicted octanol–water partition coefficient (Wildman–Crippen LogP) is 7.61. The summed E-state index contributed by atoms with van der Waals surface area (Å²) in [5.41, 5.74) is 2.78. The molecular formula is C30H37N2O2PS. The molecule has 3 rings (SSSR count). The highest BCUT2D eigenvalue weighted by Crippen LogP contribution is 2.53. The molecule has 0 saturated carbocycles. The molecule has 0 aromatic heterocycles. The average molecular weight is 521 g/mol. The van der Waals surface area contributed by atoms with Gasteiger partial charge in [0.2, 0.25) is 0 Å². The molecule has 3 aromatic carbocycles. The molecular weight excluding hydrogens is 483 g/mol. The lowest BCUT2D eigenvalue weighted by Gasteiger charge is -2.45. The molecule has 0 radical (unpaired) electrons. The van der Waals surface area contributed by atoms with Crippen LogP contribution in [0, 0.1) is 11.3 Å². The zero-order valence-electron chi connectivity index (χ0n) is 21.6.